The van der Waals surface area contributed by atoms with Gasteiger partial charge in [0.2, 0.25) is 0 Å². The fourth-order valence-electron chi connectivity index (χ4n) is 1.02. The molecule has 78 valence electrons. The average Bonchev–Trinajstić information content (AvgIpc) is 2.07. The molecule has 0 aliphatic carbocycles. The quantitative estimate of drug-likeness (QED) is 0.656. The third-order valence-electron chi connectivity index (χ3n) is 1.70. The lowest BCUT2D eigenvalue weighted by Crippen LogP contribution is -1.91. The van der Waals surface area contributed by atoms with E-state index < -0.39 is 10.8 Å². The summed E-state index contributed by atoms with van der Waals surface area (Å²) in [6, 6.07) is 3.79. The second kappa shape index (κ2) is 4.96. The molecule has 0 saturated carbocycles. The molecule has 1 aromatic rings. The van der Waals surface area contributed by atoms with E-state index in [1.54, 1.807) is 6.26 Å². The van der Waals surface area contributed by atoms with Gasteiger partial charge < -0.3 is 0 Å². The van der Waals surface area contributed by atoms with Gasteiger partial charge in [-0.15, -0.1) is 12.6 Å². The van der Waals surface area contributed by atoms with Crippen LogP contribution in [-0.2, 0) is 10.8 Å². The lowest BCUT2D eigenvalue weighted by Gasteiger charge is -2.09. The highest BCUT2D eigenvalue weighted by Crippen LogP contribution is 2.34. The Morgan fingerprint density at radius 2 is 1.93 bits per heavy atom. The molecule has 5 heteroatoms. The van der Waals surface area contributed by atoms with Crippen LogP contribution in [-0.4, -0.2) is 22.6 Å². The minimum absolute atomic E-state index is 0.0776. The van der Waals surface area contributed by atoms with Gasteiger partial charge in [-0.1, -0.05) is 5.87 Å². The van der Waals surface area contributed by atoms with Crippen LogP contribution < -0.4 is 0 Å². The molecule has 0 saturated heterocycles. The van der Waals surface area contributed by atoms with Crippen molar-refractivity contribution >= 4 is 55.7 Å². The van der Waals surface area contributed by atoms with Crippen molar-refractivity contribution in [1.82, 2.24) is 0 Å². The number of benzene rings is 1. The van der Waals surface area contributed by atoms with Crippen LogP contribution >= 0.6 is 39.0 Å². The predicted molar refractivity (Wildman–Crippen MR) is 72.6 cm³/mol. The van der Waals surface area contributed by atoms with Crippen LogP contribution in [0.2, 0.25) is 0 Å². The number of thiol groups is 1. The maximum absolute atomic E-state index is 11.3. The standard InChI is InChI=1S/C9H11BrOS3/c1-13(2)9-4-6(10)8(14(3)11)5-7(9)12/h4-5,12H,1H2,2-3H3. The highest BCUT2D eigenvalue weighted by Gasteiger charge is 2.08. The van der Waals surface area contributed by atoms with E-state index >= 15 is 0 Å². The number of hydrogen-bond donors (Lipinski definition) is 1. The zero-order valence-corrected chi connectivity index (χ0v) is 12.0. The molecule has 0 aromatic heterocycles. The van der Waals surface area contributed by atoms with Gasteiger partial charge in [-0.25, -0.2) is 0 Å². The van der Waals surface area contributed by atoms with Gasteiger partial charge in [-0.3, -0.25) is 4.21 Å². The molecule has 1 aromatic carbocycles. The number of rotatable bonds is 2. The van der Waals surface area contributed by atoms with Crippen molar-refractivity contribution < 1.29 is 4.21 Å². The van der Waals surface area contributed by atoms with Crippen molar-refractivity contribution in [3.63, 3.8) is 0 Å². The summed E-state index contributed by atoms with van der Waals surface area (Å²) in [6.07, 6.45) is 3.69. The van der Waals surface area contributed by atoms with Gasteiger partial charge in [0, 0.05) is 20.5 Å². The molecule has 0 spiro atoms. The van der Waals surface area contributed by atoms with E-state index in [1.165, 1.54) is 0 Å². The van der Waals surface area contributed by atoms with E-state index in [2.05, 4.69) is 34.4 Å². The highest BCUT2D eigenvalue weighted by molar-refractivity contribution is 9.10. The Balaban J connectivity index is 3.38. The first kappa shape index (κ1) is 12.5. The summed E-state index contributed by atoms with van der Waals surface area (Å²) in [5.74, 6) is 3.97. The van der Waals surface area contributed by atoms with Crippen LogP contribution in [0.1, 0.15) is 0 Å². The van der Waals surface area contributed by atoms with Crippen molar-refractivity contribution in [2.24, 2.45) is 0 Å². The van der Waals surface area contributed by atoms with Crippen LogP contribution in [0, 0.1) is 0 Å². The summed E-state index contributed by atoms with van der Waals surface area (Å²) < 4.78 is 12.2. The molecule has 0 heterocycles. The molecule has 2 atom stereocenters. The summed E-state index contributed by atoms with van der Waals surface area (Å²) in [5, 5.41) is 0. The Kier molecular flexibility index (Phi) is 4.43. The zero-order chi connectivity index (χ0) is 10.9. The SMILES string of the molecule is C=S(C)c1cc(Br)c(S(C)=O)cc1S. The Labute approximate surface area is 103 Å². The summed E-state index contributed by atoms with van der Waals surface area (Å²) in [6.45, 7) is 0. The molecule has 0 aliphatic heterocycles. The van der Waals surface area contributed by atoms with Gasteiger partial charge >= 0.3 is 0 Å². The Morgan fingerprint density at radius 1 is 1.36 bits per heavy atom. The first-order valence-corrected chi connectivity index (χ1v) is 8.35. The molecule has 0 radical (unpaired) electrons. The number of halogens is 1. The van der Waals surface area contributed by atoms with Crippen molar-refractivity contribution in [3.8, 4) is 0 Å². The van der Waals surface area contributed by atoms with E-state index in [1.807, 2.05) is 18.4 Å². The van der Waals surface area contributed by atoms with E-state index in [0.717, 1.165) is 19.2 Å². The summed E-state index contributed by atoms with van der Waals surface area (Å²) in [5.41, 5.74) is 0. The molecular formula is C9H11BrOS3. The minimum atomic E-state index is -0.985. The van der Waals surface area contributed by atoms with Crippen LogP contribution in [0.4, 0.5) is 0 Å². The second-order valence-electron chi connectivity index (χ2n) is 2.84. The fourth-order valence-corrected chi connectivity index (χ4v) is 4.30. The first-order valence-electron chi connectivity index (χ1n) is 3.75. The minimum Gasteiger partial charge on any atom is -0.255 e. The monoisotopic (exact) mass is 310 g/mol. The largest absolute Gasteiger partial charge is 0.255 e. The molecule has 0 amide bonds. The molecule has 1 rings (SSSR count). The molecule has 0 fully saturated rings. The first-order chi connectivity index (χ1) is 6.43. The number of hydrogen-bond acceptors (Lipinski definition) is 2. The molecule has 2 unspecified atom stereocenters. The van der Waals surface area contributed by atoms with Crippen molar-refractivity contribution in [2.75, 3.05) is 12.5 Å². The summed E-state index contributed by atoms with van der Waals surface area (Å²) in [7, 11) is -1.06. The predicted octanol–water partition coefficient (Wildman–Crippen LogP) is 3.16. The van der Waals surface area contributed by atoms with Crippen LogP contribution in [0.3, 0.4) is 0 Å². The highest BCUT2D eigenvalue weighted by atomic mass is 79.9. The normalized spacial score (nSPS) is 15.1. The summed E-state index contributed by atoms with van der Waals surface area (Å²) >= 11 is 7.76. The third-order valence-corrected chi connectivity index (χ3v) is 5.18. The van der Waals surface area contributed by atoms with E-state index in [0.29, 0.717) is 0 Å². The van der Waals surface area contributed by atoms with Crippen LogP contribution in [0.15, 0.2) is 31.3 Å². The molecule has 0 N–H and O–H groups in total. The Morgan fingerprint density at radius 3 is 2.36 bits per heavy atom. The van der Waals surface area contributed by atoms with Crippen molar-refractivity contribution in [3.05, 3.63) is 16.6 Å². The van der Waals surface area contributed by atoms with Crippen LogP contribution in [0.25, 0.3) is 0 Å². The Bertz CT molecular complexity index is 375. The zero-order valence-electron chi connectivity index (χ0n) is 7.91. The molecule has 0 bridgehead atoms. The maximum Gasteiger partial charge on any atom is 0.0539 e. The lowest BCUT2D eigenvalue weighted by molar-refractivity contribution is 0.686. The van der Waals surface area contributed by atoms with Crippen LogP contribution in [0.5, 0.6) is 0 Å². The third kappa shape index (κ3) is 2.72. The maximum atomic E-state index is 11.3. The molecule has 0 aliphatic rings. The van der Waals surface area contributed by atoms with E-state index in [4.69, 9.17) is 0 Å². The van der Waals surface area contributed by atoms with Gasteiger partial charge in [0.05, 0.1) is 15.7 Å². The van der Waals surface area contributed by atoms with Gasteiger partial charge in [-0.2, -0.15) is 10.5 Å². The topological polar surface area (TPSA) is 17.1 Å². The molecule has 1 nitrogen and oxygen atoms in total. The van der Waals surface area contributed by atoms with Gasteiger partial charge in [-0.05, 0) is 34.3 Å². The van der Waals surface area contributed by atoms with Gasteiger partial charge in [0.1, 0.15) is 0 Å². The Hall–Kier alpha value is 0.420. The average molecular weight is 311 g/mol. The van der Waals surface area contributed by atoms with E-state index in [9.17, 15) is 4.21 Å². The fraction of sp³-hybridized carbons (Fsp3) is 0.222. The lowest BCUT2D eigenvalue weighted by atomic mass is 10.4. The summed E-state index contributed by atoms with van der Waals surface area (Å²) in [4.78, 5) is 2.73. The van der Waals surface area contributed by atoms with E-state index in [-0.39, 0.29) is 10.5 Å². The second-order valence-corrected chi connectivity index (χ2v) is 7.24. The van der Waals surface area contributed by atoms with Crippen molar-refractivity contribution in [1.29, 1.82) is 0 Å². The van der Waals surface area contributed by atoms with Gasteiger partial charge in [0.25, 0.3) is 0 Å². The van der Waals surface area contributed by atoms with Crippen molar-refractivity contribution in [2.45, 2.75) is 14.7 Å². The molecule has 14 heavy (non-hydrogen) atoms. The molecular weight excluding hydrogens is 300 g/mol. The van der Waals surface area contributed by atoms with Gasteiger partial charge in [0.15, 0.2) is 0 Å². The smallest absolute Gasteiger partial charge is 0.0539 e.